The first-order valence-electron chi connectivity index (χ1n) is 4.82. The molecule has 0 saturated heterocycles. The highest BCUT2D eigenvalue weighted by Gasteiger charge is 2.32. The van der Waals surface area contributed by atoms with E-state index in [4.69, 9.17) is 10.5 Å². The topological polar surface area (TPSA) is 35.2 Å². The van der Waals surface area contributed by atoms with Crippen molar-refractivity contribution in [1.82, 2.24) is 0 Å². The molecule has 0 spiro atoms. The van der Waals surface area contributed by atoms with Gasteiger partial charge in [0.1, 0.15) is 5.75 Å². The molecule has 1 aromatic carbocycles. The third kappa shape index (κ3) is 1.79. The van der Waals surface area contributed by atoms with Gasteiger partial charge in [-0.1, -0.05) is 22.0 Å². The van der Waals surface area contributed by atoms with Gasteiger partial charge in [-0.05, 0) is 30.9 Å². The van der Waals surface area contributed by atoms with Crippen LogP contribution in [-0.4, -0.2) is 7.11 Å². The Balaban J connectivity index is 2.37. The molecule has 0 aromatic heterocycles. The lowest BCUT2D eigenvalue weighted by molar-refractivity contribution is 0.402. The number of halogens is 1. The molecule has 2 nitrogen and oxygen atoms in total. The van der Waals surface area contributed by atoms with Gasteiger partial charge in [0, 0.05) is 16.1 Å². The Morgan fingerprint density at radius 2 is 2.21 bits per heavy atom. The van der Waals surface area contributed by atoms with E-state index in [9.17, 15) is 0 Å². The fourth-order valence-electron chi connectivity index (χ4n) is 1.71. The Morgan fingerprint density at radius 3 is 2.79 bits per heavy atom. The number of benzene rings is 1. The summed E-state index contributed by atoms with van der Waals surface area (Å²) in [5.74, 6) is 1.53. The minimum Gasteiger partial charge on any atom is -0.496 e. The van der Waals surface area contributed by atoms with E-state index in [0.29, 0.717) is 5.92 Å². The predicted octanol–water partition coefficient (Wildman–Crippen LogP) is 2.87. The van der Waals surface area contributed by atoms with E-state index in [1.54, 1.807) is 7.11 Å². The summed E-state index contributed by atoms with van der Waals surface area (Å²) in [6, 6.07) is 6.05. The van der Waals surface area contributed by atoms with Crippen LogP contribution in [0.5, 0.6) is 5.75 Å². The standard InChI is InChI=1S/C11H14BrNO/c1-14-9-4-2-3-8(12)10(9)11(13)7-5-6-7/h2-4,7,11H,5-6,13H2,1H3. The number of nitrogens with two attached hydrogens (primary N) is 1. The highest BCUT2D eigenvalue weighted by Crippen LogP contribution is 2.44. The summed E-state index contributed by atoms with van der Waals surface area (Å²) < 4.78 is 6.37. The first-order chi connectivity index (χ1) is 6.74. The van der Waals surface area contributed by atoms with E-state index < -0.39 is 0 Å². The van der Waals surface area contributed by atoms with E-state index in [-0.39, 0.29) is 6.04 Å². The molecule has 1 saturated carbocycles. The van der Waals surface area contributed by atoms with Gasteiger partial charge in [0.2, 0.25) is 0 Å². The monoisotopic (exact) mass is 255 g/mol. The van der Waals surface area contributed by atoms with Crippen molar-refractivity contribution in [3.63, 3.8) is 0 Å². The molecular weight excluding hydrogens is 242 g/mol. The molecule has 76 valence electrons. The molecule has 0 amide bonds. The molecule has 1 aromatic rings. The molecule has 1 aliphatic rings. The second-order valence-corrected chi connectivity index (χ2v) is 4.57. The van der Waals surface area contributed by atoms with Gasteiger partial charge < -0.3 is 10.5 Å². The maximum atomic E-state index is 6.17. The maximum absolute atomic E-state index is 6.17. The molecule has 0 bridgehead atoms. The highest BCUT2D eigenvalue weighted by atomic mass is 79.9. The van der Waals surface area contributed by atoms with Crippen molar-refractivity contribution in [2.75, 3.05) is 7.11 Å². The van der Waals surface area contributed by atoms with E-state index in [2.05, 4.69) is 15.9 Å². The number of ether oxygens (including phenoxy) is 1. The molecule has 14 heavy (non-hydrogen) atoms. The molecule has 0 radical (unpaired) electrons. The van der Waals surface area contributed by atoms with Crippen molar-refractivity contribution in [2.24, 2.45) is 11.7 Å². The Hall–Kier alpha value is -0.540. The Morgan fingerprint density at radius 1 is 1.50 bits per heavy atom. The smallest absolute Gasteiger partial charge is 0.124 e. The van der Waals surface area contributed by atoms with Crippen LogP contribution in [0.1, 0.15) is 24.4 Å². The Labute approximate surface area is 92.6 Å². The van der Waals surface area contributed by atoms with Crippen LogP contribution in [-0.2, 0) is 0 Å². The van der Waals surface area contributed by atoms with E-state index in [0.717, 1.165) is 15.8 Å². The van der Waals surface area contributed by atoms with Gasteiger partial charge in [-0.25, -0.2) is 0 Å². The van der Waals surface area contributed by atoms with E-state index in [1.165, 1.54) is 12.8 Å². The van der Waals surface area contributed by atoms with Gasteiger partial charge in [-0.15, -0.1) is 0 Å². The first kappa shape index (κ1) is 9.99. The maximum Gasteiger partial charge on any atom is 0.124 e. The van der Waals surface area contributed by atoms with Crippen LogP contribution in [0, 0.1) is 5.92 Å². The van der Waals surface area contributed by atoms with Crippen molar-refractivity contribution >= 4 is 15.9 Å². The van der Waals surface area contributed by atoms with Gasteiger partial charge in [0.15, 0.2) is 0 Å². The number of hydrogen-bond donors (Lipinski definition) is 1. The zero-order valence-electron chi connectivity index (χ0n) is 8.16. The zero-order chi connectivity index (χ0) is 10.1. The van der Waals surface area contributed by atoms with Crippen LogP contribution in [0.15, 0.2) is 22.7 Å². The SMILES string of the molecule is COc1cccc(Br)c1C(N)C1CC1. The van der Waals surface area contributed by atoms with Crippen molar-refractivity contribution in [3.8, 4) is 5.75 Å². The third-order valence-corrected chi connectivity index (χ3v) is 3.39. The average Bonchev–Trinajstić information content (AvgIpc) is 2.99. The number of rotatable bonds is 3. The van der Waals surface area contributed by atoms with Crippen molar-refractivity contribution in [2.45, 2.75) is 18.9 Å². The summed E-state index contributed by atoms with van der Waals surface area (Å²) >= 11 is 3.52. The summed E-state index contributed by atoms with van der Waals surface area (Å²) in [5.41, 5.74) is 7.28. The van der Waals surface area contributed by atoms with Gasteiger partial charge in [-0.3, -0.25) is 0 Å². The number of methoxy groups -OCH3 is 1. The molecule has 1 unspecified atom stereocenters. The quantitative estimate of drug-likeness (QED) is 0.902. The van der Waals surface area contributed by atoms with E-state index >= 15 is 0 Å². The summed E-state index contributed by atoms with van der Waals surface area (Å²) in [6.45, 7) is 0. The summed E-state index contributed by atoms with van der Waals surface area (Å²) in [4.78, 5) is 0. The summed E-state index contributed by atoms with van der Waals surface area (Å²) in [7, 11) is 1.69. The van der Waals surface area contributed by atoms with Crippen molar-refractivity contribution < 1.29 is 4.74 Å². The van der Waals surface area contributed by atoms with Crippen LogP contribution >= 0.6 is 15.9 Å². The average molecular weight is 256 g/mol. The lowest BCUT2D eigenvalue weighted by atomic mass is 10.0. The van der Waals surface area contributed by atoms with Gasteiger partial charge in [0.05, 0.1) is 7.11 Å². The molecule has 1 atom stereocenters. The largest absolute Gasteiger partial charge is 0.496 e. The van der Waals surface area contributed by atoms with Crippen LogP contribution in [0.4, 0.5) is 0 Å². The highest BCUT2D eigenvalue weighted by molar-refractivity contribution is 9.10. The Bertz CT molecular complexity index is 336. The van der Waals surface area contributed by atoms with Crippen LogP contribution in [0.25, 0.3) is 0 Å². The second kappa shape index (κ2) is 3.91. The van der Waals surface area contributed by atoms with Gasteiger partial charge >= 0.3 is 0 Å². The fourth-order valence-corrected chi connectivity index (χ4v) is 2.32. The minimum absolute atomic E-state index is 0.112. The molecule has 0 heterocycles. The molecule has 2 N–H and O–H groups in total. The number of hydrogen-bond acceptors (Lipinski definition) is 2. The fraction of sp³-hybridized carbons (Fsp3) is 0.455. The van der Waals surface area contributed by atoms with Gasteiger partial charge in [-0.2, -0.15) is 0 Å². The third-order valence-electron chi connectivity index (χ3n) is 2.70. The zero-order valence-corrected chi connectivity index (χ0v) is 9.75. The first-order valence-corrected chi connectivity index (χ1v) is 5.61. The van der Waals surface area contributed by atoms with Crippen LogP contribution in [0.3, 0.4) is 0 Å². The van der Waals surface area contributed by atoms with Crippen LogP contribution < -0.4 is 10.5 Å². The minimum atomic E-state index is 0.112. The predicted molar refractivity (Wildman–Crippen MR) is 60.3 cm³/mol. The molecule has 3 heteroatoms. The molecule has 1 aliphatic carbocycles. The van der Waals surface area contributed by atoms with Gasteiger partial charge in [0.25, 0.3) is 0 Å². The normalized spacial score (nSPS) is 17.9. The van der Waals surface area contributed by atoms with Crippen molar-refractivity contribution in [1.29, 1.82) is 0 Å². The van der Waals surface area contributed by atoms with Crippen molar-refractivity contribution in [3.05, 3.63) is 28.2 Å². The molecular formula is C11H14BrNO. The van der Waals surface area contributed by atoms with E-state index in [1.807, 2.05) is 18.2 Å². The Kier molecular flexibility index (Phi) is 2.79. The molecule has 0 aliphatic heterocycles. The van der Waals surface area contributed by atoms with Crippen LogP contribution in [0.2, 0.25) is 0 Å². The second-order valence-electron chi connectivity index (χ2n) is 3.72. The molecule has 1 fully saturated rings. The summed E-state index contributed by atoms with van der Waals surface area (Å²) in [5, 5.41) is 0. The molecule has 2 rings (SSSR count). The summed E-state index contributed by atoms with van der Waals surface area (Å²) in [6.07, 6.45) is 2.48. The lowest BCUT2D eigenvalue weighted by Gasteiger charge is -2.16. The lowest BCUT2D eigenvalue weighted by Crippen LogP contribution is -2.14.